The van der Waals surface area contributed by atoms with Crippen LogP contribution in [0, 0.1) is 0 Å². The number of anilines is 2. The molecule has 1 aromatic heterocycles. The molecule has 2 fully saturated rings. The molecule has 10 heteroatoms. The number of rotatable bonds is 6. The quantitative estimate of drug-likeness (QED) is 0.725. The van der Waals surface area contributed by atoms with Crippen LogP contribution < -0.4 is 19.9 Å². The van der Waals surface area contributed by atoms with Gasteiger partial charge in [-0.25, -0.2) is 18.7 Å². The third-order valence-corrected chi connectivity index (χ3v) is 5.78. The summed E-state index contributed by atoms with van der Waals surface area (Å²) < 4.78 is 32.5. The molecule has 2 aromatic rings. The van der Waals surface area contributed by atoms with Gasteiger partial charge in [-0.1, -0.05) is 23.7 Å². The van der Waals surface area contributed by atoms with Gasteiger partial charge < -0.3 is 19.9 Å². The summed E-state index contributed by atoms with van der Waals surface area (Å²) in [4.78, 5) is 23.0. The van der Waals surface area contributed by atoms with Crippen molar-refractivity contribution >= 4 is 29.1 Å². The van der Waals surface area contributed by atoms with Crippen molar-refractivity contribution in [3.05, 3.63) is 41.2 Å². The van der Waals surface area contributed by atoms with E-state index in [1.54, 1.807) is 0 Å². The van der Waals surface area contributed by atoms with Crippen molar-refractivity contribution in [3.63, 3.8) is 0 Å². The average Bonchev–Trinajstić information content (AvgIpc) is 3.14. The van der Waals surface area contributed by atoms with Crippen LogP contribution in [0.3, 0.4) is 0 Å². The number of hydrogen-bond donors (Lipinski definition) is 1. The second kappa shape index (κ2) is 8.45. The fraction of sp³-hybridized carbons (Fsp3) is 0.476. The number of nitrogens with zero attached hydrogens (tertiary/aromatic N) is 4. The zero-order chi connectivity index (χ0) is 22.2. The van der Waals surface area contributed by atoms with Gasteiger partial charge in [-0.15, -0.1) is 0 Å². The zero-order valence-electron chi connectivity index (χ0n) is 17.3. The van der Waals surface area contributed by atoms with Crippen LogP contribution in [-0.4, -0.2) is 54.1 Å². The smallest absolute Gasteiger partial charge is 0.282 e. The number of halogens is 3. The number of aromatic nitrogens is 2. The Morgan fingerprint density at radius 2 is 1.87 bits per heavy atom. The van der Waals surface area contributed by atoms with Crippen LogP contribution in [0.15, 0.2) is 30.6 Å². The highest BCUT2D eigenvalue weighted by Gasteiger charge is 2.45. The maximum atomic E-state index is 13.2. The number of nitrogens with one attached hydrogen (secondary N) is 1. The Hall–Kier alpha value is -2.68. The number of alkyl halides is 2. The molecule has 31 heavy (non-hydrogen) atoms. The van der Waals surface area contributed by atoms with Crippen LogP contribution in [0.25, 0.3) is 0 Å². The first-order valence-corrected chi connectivity index (χ1v) is 10.5. The Morgan fingerprint density at radius 3 is 2.48 bits per heavy atom. The van der Waals surface area contributed by atoms with E-state index < -0.39 is 5.92 Å². The highest BCUT2D eigenvalue weighted by Crippen LogP contribution is 2.38. The lowest BCUT2D eigenvalue weighted by Gasteiger charge is -2.40. The summed E-state index contributed by atoms with van der Waals surface area (Å²) in [5.74, 6) is -1.16. The first-order chi connectivity index (χ1) is 14.7. The molecular formula is C21H24ClF2N5O2. The second-order valence-corrected chi connectivity index (χ2v) is 8.39. The van der Waals surface area contributed by atoms with E-state index in [1.165, 1.54) is 18.2 Å². The minimum atomic E-state index is -2.70. The van der Waals surface area contributed by atoms with Gasteiger partial charge in [-0.3, -0.25) is 4.79 Å². The van der Waals surface area contributed by atoms with Crippen molar-refractivity contribution < 1.29 is 18.3 Å². The molecule has 0 spiro atoms. The molecule has 4 rings (SSSR count). The normalized spacial score (nSPS) is 20.9. The van der Waals surface area contributed by atoms with Gasteiger partial charge in [-0.2, -0.15) is 0 Å². The van der Waals surface area contributed by atoms with Crippen LogP contribution in [0.4, 0.5) is 20.4 Å². The largest absolute Gasteiger partial charge is 0.489 e. The predicted octanol–water partition coefficient (Wildman–Crippen LogP) is 3.44. The highest BCUT2D eigenvalue weighted by atomic mass is 35.5. The topological polar surface area (TPSA) is 70.6 Å². The lowest BCUT2D eigenvalue weighted by Crippen LogP contribution is -2.56. The van der Waals surface area contributed by atoms with Gasteiger partial charge in [-0.05, 0) is 24.6 Å². The first-order valence-electron chi connectivity index (χ1n) is 10.1. The fourth-order valence-corrected chi connectivity index (χ4v) is 4.22. The molecule has 1 amide bonds. The van der Waals surface area contributed by atoms with Crippen LogP contribution >= 0.6 is 11.6 Å². The lowest BCUT2D eigenvalue weighted by atomic mass is 10.1. The third kappa shape index (κ3) is 4.81. The van der Waals surface area contributed by atoms with E-state index in [-0.39, 0.29) is 36.2 Å². The number of ether oxygens (including phenoxy) is 1. The summed E-state index contributed by atoms with van der Waals surface area (Å²) in [5, 5.41) is 3.14. The number of carbonyl (C=O) groups is 1. The van der Waals surface area contributed by atoms with Gasteiger partial charge in [0.05, 0.1) is 25.7 Å². The van der Waals surface area contributed by atoms with Crippen LogP contribution in [-0.2, 0) is 4.79 Å². The van der Waals surface area contributed by atoms with Crippen molar-refractivity contribution in [2.45, 2.75) is 38.3 Å². The van der Waals surface area contributed by atoms with Gasteiger partial charge in [0.2, 0.25) is 5.91 Å². The van der Waals surface area contributed by atoms with Gasteiger partial charge in [0.25, 0.3) is 5.92 Å². The molecule has 0 unspecified atom stereocenters. The molecule has 2 atom stereocenters. The van der Waals surface area contributed by atoms with Gasteiger partial charge in [0, 0.05) is 19.9 Å². The van der Waals surface area contributed by atoms with Gasteiger partial charge in [0.1, 0.15) is 23.2 Å². The summed E-state index contributed by atoms with van der Waals surface area (Å²) in [6.07, 6.45) is 2.08. The molecule has 2 aliphatic rings. The number of amides is 1. The third-order valence-electron chi connectivity index (χ3n) is 5.44. The molecule has 3 heterocycles. The van der Waals surface area contributed by atoms with E-state index in [0.717, 1.165) is 17.7 Å². The molecule has 1 aromatic carbocycles. The van der Waals surface area contributed by atoms with E-state index in [2.05, 4.69) is 15.3 Å². The molecule has 1 N–H and O–H groups in total. The van der Waals surface area contributed by atoms with Gasteiger partial charge in [0.15, 0.2) is 11.6 Å². The Labute approximate surface area is 184 Å². The Kier molecular flexibility index (Phi) is 5.88. The summed E-state index contributed by atoms with van der Waals surface area (Å²) in [5.41, 5.74) is 0.993. The summed E-state index contributed by atoms with van der Waals surface area (Å²) in [7, 11) is 0. The van der Waals surface area contributed by atoms with Crippen molar-refractivity contribution in [2.75, 3.05) is 36.0 Å². The predicted molar refractivity (Wildman–Crippen MR) is 114 cm³/mol. The second-order valence-electron chi connectivity index (χ2n) is 8.01. The number of benzene rings is 1. The first kappa shape index (κ1) is 21.5. The highest BCUT2D eigenvalue weighted by molar-refractivity contribution is 6.35. The fourth-order valence-electron chi connectivity index (χ4n) is 3.89. The van der Waals surface area contributed by atoms with E-state index in [1.807, 2.05) is 36.1 Å². The Morgan fingerprint density at radius 1 is 1.23 bits per heavy atom. The molecule has 7 nitrogen and oxygen atoms in total. The van der Waals surface area contributed by atoms with Gasteiger partial charge >= 0.3 is 0 Å². The summed E-state index contributed by atoms with van der Waals surface area (Å²) >= 11 is 6.46. The minimum absolute atomic E-state index is 0.0542. The molecule has 0 radical (unpaired) electrons. The Balaban J connectivity index is 1.37. The van der Waals surface area contributed by atoms with Crippen LogP contribution in [0.5, 0.6) is 5.75 Å². The standard InChI is InChI=1S/C21H24ClF2N5O2/c1-13(27-14(2)30)15-3-5-16(6-4-15)31-17-7-8-28(9-17)19-18(22)20(26-12-25-19)29-10-21(23,24)11-29/h3-6,12-13,17H,7-11H2,1-2H3,(H,27,30)/t13-,17+/m0/s1. The number of hydrogen-bond acceptors (Lipinski definition) is 6. The molecule has 0 saturated carbocycles. The van der Waals surface area contributed by atoms with Crippen molar-refractivity contribution in [2.24, 2.45) is 0 Å². The van der Waals surface area contributed by atoms with Crippen LogP contribution in [0.1, 0.15) is 31.9 Å². The van der Waals surface area contributed by atoms with Crippen molar-refractivity contribution in [1.29, 1.82) is 0 Å². The zero-order valence-corrected chi connectivity index (χ0v) is 18.1. The molecular weight excluding hydrogens is 428 g/mol. The summed E-state index contributed by atoms with van der Waals surface area (Å²) in [6.45, 7) is 3.92. The lowest BCUT2D eigenvalue weighted by molar-refractivity contribution is -0.119. The maximum absolute atomic E-state index is 13.2. The molecule has 0 bridgehead atoms. The van der Waals surface area contributed by atoms with Crippen molar-refractivity contribution in [1.82, 2.24) is 15.3 Å². The average molecular weight is 452 g/mol. The molecule has 2 saturated heterocycles. The molecule has 2 aliphatic heterocycles. The van der Waals surface area contributed by atoms with E-state index in [0.29, 0.717) is 24.7 Å². The SMILES string of the molecule is CC(=O)N[C@@H](C)c1ccc(O[C@@H]2CCN(c3ncnc(N4CC(F)(F)C4)c3Cl)C2)cc1. The van der Waals surface area contributed by atoms with Crippen molar-refractivity contribution in [3.8, 4) is 5.75 Å². The van der Waals surface area contributed by atoms with E-state index in [9.17, 15) is 13.6 Å². The number of carbonyl (C=O) groups excluding carboxylic acids is 1. The van der Waals surface area contributed by atoms with E-state index >= 15 is 0 Å². The maximum Gasteiger partial charge on any atom is 0.282 e. The minimum Gasteiger partial charge on any atom is -0.489 e. The monoisotopic (exact) mass is 451 g/mol. The molecule has 166 valence electrons. The molecule has 0 aliphatic carbocycles. The van der Waals surface area contributed by atoms with E-state index in [4.69, 9.17) is 16.3 Å². The van der Waals surface area contributed by atoms with Crippen LogP contribution in [0.2, 0.25) is 5.02 Å². The summed E-state index contributed by atoms with van der Waals surface area (Å²) in [6, 6.07) is 7.55. The Bertz CT molecular complexity index is 951.